The summed E-state index contributed by atoms with van der Waals surface area (Å²) in [7, 11) is 0. The Morgan fingerprint density at radius 1 is 1.05 bits per heavy atom. The summed E-state index contributed by atoms with van der Waals surface area (Å²) in [5.41, 5.74) is 0. The Morgan fingerprint density at radius 3 is 2.63 bits per heavy atom. The first-order chi connectivity index (χ1) is 9.31. The maximum Gasteiger partial charge on any atom is 0.193 e. The van der Waals surface area contributed by atoms with Crippen molar-refractivity contribution in [1.29, 1.82) is 0 Å². The van der Waals surface area contributed by atoms with Crippen molar-refractivity contribution in [2.45, 2.75) is 44.7 Å². The van der Waals surface area contributed by atoms with E-state index >= 15 is 0 Å². The summed E-state index contributed by atoms with van der Waals surface area (Å²) in [5.74, 6) is 0.985. The van der Waals surface area contributed by atoms with Crippen LogP contribution in [0.5, 0.6) is 0 Å². The van der Waals surface area contributed by atoms with Crippen molar-refractivity contribution in [1.82, 2.24) is 9.80 Å². The fourth-order valence-corrected chi connectivity index (χ4v) is 3.60. The zero-order valence-electron chi connectivity index (χ0n) is 11.5. The van der Waals surface area contributed by atoms with E-state index in [-0.39, 0.29) is 0 Å². The van der Waals surface area contributed by atoms with Crippen LogP contribution in [-0.4, -0.2) is 42.0 Å². The van der Waals surface area contributed by atoms with Gasteiger partial charge in [0.05, 0.1) is 6.54 Å². The molecular formula is C15H23ClN2O. The van der Waals surface area contributed by atoms with Gasteiger partial charge in [0.1, 0.15) is 5.76 Å². The normalized spacial score (nSPS) is 23.8. The average molecular weight is 283 g/mol. The molecule has 0 amide bonds. The van der Waals surface area contributed by atoms with E-state index in [0.29, 0.717) is 5.22 Å². The summed E-state index contributed by atoms with van der Waals surface area (Å²) in [4.78, 5) is 5.20. The first-order valence-electron chi connectivity index (χ1n) is 7.52. The quantitative estimate of drug-likeness (QED) is 0.847. The Labute approximate surface area is 120 Å². The molecule has 0 N–H and O–H groups in total. The average Bonchev–Trinajstić information content (AvgIpc) is 3.00. The lowest BCUT2D eigenvalue weighted by molar-refractivity contribution is 0.195. The van der Waals surface area contributed by atoms with Gasteiger partial charge in [-0.3, -0.25) is 9.80 Å². The molecule has 0 unspecified atom stereocenters. The predicted molar refractivity (Wildman–Crippen MR) is 77.4 cm³/mol. The smallest absolute Gasteiger partial charge is 0.193 e. The van der Waals surface area contributed by atoms with Gasteiger partial charge in [-0.1, -0.05) is 12.8 Å². The molecule has 2 fully saturated rings. The Morgan fingerprint density at radius 2 is 1.89 bits per heavy atom. The molecule has 1 aromatic rings. The van der Waals surface area contributed by atoms with Gasteiger partial charge in [-0.25, -0.2) is 0 Å². The molecule has 1 saturated heterocycles. The largest absolute Gasteiger partial charge is 0.448 e. The Bertz CT molecular complexity index is 401. The van der Waals surface area contributed by atoms with Crippen molar-refractivity contribution < 1.29 is 4.42 Å². The Hall–Kier alpha value is -0.510. The summed E-state index contributed by atoms with van der Waals surface area (Å²) in [6.07, 6.45) is 6.94. The molecule has 3 rings (SSSR count). The first kappa shape index (κ1) is 13.5. The summed E-state index contributed by atoms with van der Waals surface area (Å²) < 4.78 is 5.46. The molecular weight excluding hydrogens is 260 g/mol. The fraction of sp³-hybridized carbons (Fsp3) is 0.733. The minimum absolute atomic E-state index is 0.498. The van der Waals surface area contributed by atoms with Gasteiger partial charge in [0.2, 0.25) is 0 Å². The van der Waals surface area contributed by atoms with Crippen LogP contribution in [0.2, 0.25) is 5.22 Å². The summed E-state index contributed by atoms with van der Waals surface area (Å²) in [6.45, 7) is 5.68. The molecule has 2 heterocycles. The summed E-state index contributed by atoms with van der Waals surface area (Å²) in [5, 5.41) is 0.498. The maximum atomic E-state index is 5.83. The highest BCUT2D eigenvalue weighted by Crippen LogP contribution is 2.24. The van der Waals surface area contributed by atoms with Crippen molar-refractivity contribution in [3.05, 3.63) is 23.1 Å². The van der Waals surface area contributed by atoms with Gasteiger partial charge in [-0.15, -0.1) is 0 Å². The van der Waals surface area contributed by atoms with E-state index in [9.17, 15) is 0 Å². The topological polar surface area (TPSA) is 19.6 Å². The summed E-state index contributed by atoms with van der Waals surface area (Å²) >= 11 is 5.83. The third kappa shape index (κ3) is 3.53. The molecule has 0 spiro atoms. The van der Waals surface area contributed by atoms with Crippen molar-refractivity contribution in [2.24, 2.45) is 0 Å². The number of hydrogen-bond acceptors (Lipinski definition) is 3. The maximum absolute atomic E-state index is 5.83. The van der Waals surface area contributed by atoms with Crippen LogP contribution in [0.4, 0.5) is 0 Å². The van der Waals surface area contributed by atoms with E-state index in [1.165, 1.54) is 51.7 Å². The third-order valence-electron chi connectivity index (χ3n) is 4.47. The SMILES string of the molecule is Clc1ccc(CN2CCCN(C3CCCC3)CC2)o1. The number of nitrogens with zero attached hydrogens (tertiary/aromatic N) is 2. The standard InChI is InChI=1S/C15H23ClN2O/c16-15-7-6-14(19-15)12-17-8-3-9-18(11-10-17)13-4-1-2-5-13/h6-7,13H,1-5,8-12H2. The highest BCUT2D eigenvalue weighted by atomic mass is 35.5. The van der Waals surface area contributed by atoms with Crippen LogP contribution >= 0.6 is 11.6 Å². The fourth-order valence-electron chi connectivity index (χ4n) is 3.44. The third-order valence-corrected chi connectivity index (χ3v) is 4.68. The first-order valence-corrected chi connectivity index (χ1v) is 7.90. The number of halogens is 1. The van der Waals surface area contributed by atoms with E-state index < -0.39 is 0 Å². The minimum atomic E-state index is 0.498. The molecule has 1 aliphatic carbocycles. The van der Waals surface area contributed by atoms with E-state index in [1.54, 1.807) is 0 Å². The summed E-state index contributed by atoms with van der Waals surface area (Å²) in [6, 6.07) is 4.68. The zero-order chi connectivity index (χ0) is 13.1. The molecule has 1 aliphatic heterocycles. The van der Waals surface area contributed by atoms with Gasteiger partial charge in [0, 0.05) is 19.1 Å². The molecule has 1 saturated carbocycles. The van der Waals surface area contributed by atoms with Gasteiger partial charge in [-0.2, -0.15) is 0 Å². The van der Waals surface area contributed by atoms with Crippen LogP contribution in [0.25, 0.3) is 0 Å². The lowest BCUT2D eigenvalue weighted by Gasteiger charge is -2.27. The van der Waals surface area contributed by atoms with Crippen LogP contribution in [-0.2, 0) is 6.54 Å². The number of rotatable bonds is 3. The molecule has 19 heavy (non-hydrogen) atoms. The second-order valence-electron chi connectivity index (χ2n) is 5.81. The Kier molecular flexibility index (Phi) is 4.46. The zero-order valence-corrected chi connectivity index (χ0v) is 12.2. The van der Waals surface area contributed by atoms with Crippen LogP contribution in [0.1, 0.15) is 37.9 Å². The lowest BCUT2D eigenvalue weighted by Crippen LogP contribution is -2.36. The molecule has 0 aromatic carbocycles. The number of hydrogen-bond donors (Lipinski definition) is 0. The molecule has 4 heteroatoms. The van der Waals surface area contributed by atoms with Crippen molar-refractivity contribution in [3.8, 4) is 0 Å². The highest BCUT2D eigenvalue weighted by Gasteiger charge is 2.24. The van der Waals surface area contributed by atoms with Crippen molar-refractivity contribution in [2.75, 3.05) is 26.2 Å². The highest BCUT2D eigenvalue weighted by molar-refractivity contribution is 6.28. The molecule has 2 aliphatic rings. The van der Waals surface area contributed by atoms with E-state index in [2.05, 4.69) is 9.80 Å². The van der Waals surface area contributed by atoms with Crippen LogP contribution in [0.3, 0.4) is 0 Å². The number of furan rings is 1. The van der Waals surface area contributed by atoms with E-state index in [4.69, 9.17) is 16.0 Å². The van der Waals surface area contributed by atoms with Crippen LogP contribution in [0, 0.1) is 0 Å². The monoisotopic (exact) mass is 282 g/mol. The molecule has 3 nitrogen and oxygen atoms in total. The van der Waals surface area contributed by atoms with E-state index in [0.717, 1.165) is 24.9 Å². The molecule has 0 atom stereocenters. The van der Waals surface area contributed by atoms with Crippen LogP contribution in [0.15, 0.2) is 16.5 Å². The van der Waals surface area contributed by atoms with Crippen molar-refractivity contribution >= 4 is 11.6 Å². The van der Waals surface area contributed by atoms with Gasteiger partial charge in [0.15, 0.2) is 5.22 Å². The van der Waals surface area contributed by atoms with E-state index in [1.807, 2.05) is 12.1 Å². The molecule has 0 bridgehead atoms. The second-order valence-corrected chi connectivity index (χ2v) is 6.18. The minimum Gasteiger partial charge on any atom is -0.448 e. The van der Waals surface area contributed by atoms with Gasteiger partial charge in [-0.05, 0) is 56.1 Å². The van der Waals surface area contributed by atoms with Gasteiger partial charge >= 0.3 is 0 Å². The Balaban J connectivity index is 1.52. The second kappa shape index (κ2) is 6.29. The lowest BCUT2D eigenvalue weighted by atomic mass is 10.2. The van der Waals surface area contributed by atoms with Gasteiger partial charge < -0.3 is 4.42 Å². The van der Waals surface area contributed by atoms with Crippen LogP contribution < -0.4 is 0 Å². The molecule has 106 valence electrons. The predicted octanol–water partition coefficient (Wildman–Crippen LogP) is 3.38. The van der Waals surface area contributed by atoms with Gasteiger partial charge in [0.25, 0.3) is 0 Å². The molecule has 0 radical (unpaired) electrons. The molecule has 1 aromatic heterocycles. The van der Waals surface area contributed by atoms with Crippen molar-refractivity contribution in [3.63, 3.8) is 0 Å².